The molecular formula is C20H22N2O2S. The summed E-state index contributed by atoms with van der Waals surface area (Å²) in [4.78, 5) is 30.7. The Hall–Kier alpha value is -2.14. The first-order valence-corrected chi connectivity index (χ1v) is 9.83. The molecule has 5 heteroatoms. The molecule has 2 aliphatic rings. The lowest BCUT2D eigenvalue weighted by Crippen LogP contribution is -2.49. The fourth-order valence-corrected chi connectivity index (χ4v) is 4.62. The van der Waals surface area contributed by atoms with Crippen molar-refractivity contribution >= 4 is 28.8 Å². The SMILES string of the molecule is O=C(C1CCCN1C(=O)Cc1cccs1)N1CCCc2ccccc21. The van der Waals surface area contributed by atoms with Crippen molar-refractivity contribution in [1.82, 2.24) is 4.90 Å². The molecule has 1 fully saturated rings. The van der Waals surface area contributed by atoms with Crippen LogP contribution in [0, 0.1) is 0 Å². The summed E-state index contributed by atoms with van der Waals surface area (Å²) in [6.07, 6.45) is 4.08. The number of hydrogen-bond acceptors (Lipinski definition) is 3. The van der Waals surface area contributed by atoms with Gasteiger partial charge in [-0.1, -0.05) is 24.3 Å². The van der Waals surface area contributed by atoms with Crippen molar-refractivity contribution in [3.8, 4) is 0 Å². The normalized spacial score (nSPS) is 19.8. The van der Waals surface area contributed by atoms with Gasteiger partial charge in [-0.15, -0.1) is 11.3 Å². The van der Waals surface area contributed by atoms with E-state index in [1.54, 1.807) is 16.2 Å². The smallest absolute Gasteiger partial charge is 0.249 e. The van der Waals surface area contributed by atoms with E-state index in [2.05, 4.69) is 6.07 Å². The molecule has 0 N–H and O–H groups in total. The maximum absolute atomic E-state index is 13.2. The number of nitrogens with zero attached hydrogens (tertiary/aromatic N) is 2. The van der Waals surface area contributed by atoms with Gasteiger partial charge in [-0.2, -0.15) is 0 Å². The van der Waals surface area contributed by atoms with Crippen molar-refractivity contribution in [3.63, 3.8) is 0 Å². The lowest BCUT2D eigenvalue weighted by molar-refractivity contribution is -0.136. The predicted octanol–water partition coefficient (Wildman–Crippen LogP) is 3.26. The molecular weight excluding hydrogens is 332 g/mol. The van der Waals surface area contributed by atoms with Crippen LogP contribution in [0.5, 0.6) is 0 Å². The van der Waals surface area contributed by atoms with E-state index in [-0.39, 0.29) is 17.9 Å². The van der Waals surface area contributed by atoms with Crippen LogP contribution in [-0.4, -0.2) is 35.8 Å². The first kappa shape index (κ1) is 16.3. The van der Waals surface area contributed by atoms with Gasteiger partial charge in [-0.3, -0.25) is 9.59 Å². The van der Waals surface area contributed by atoms with Gasteiger partial charge in [0.15, 0.2) is 0 Å². The second-order valence-corrected chi connectivity index (χ2v) is 7.76. The van der Waals surface area contributed by atoms with Crippen LogP contribution in [0.25, 0.3) is 0 Å². The van der Waals surface area contributed by atoms with Gasteiger partial charge in [-0.05, 0) is 48.8 Å². The average molecular weight is 354 g/mol. The summed E-state index contributed by atoms with van der Waals surface area (Å²) < 4.78 is 0. The molecule has 3 heterocycles. The third-order valence-electron chi connectivity index (χ3n) is 5.14. The van der Waals surface area contributed by atoms with Crippen molar-refractivity contribution in [1.29, 1.82) is 0 Å². The molecule has 0 saturated carbocycles. The maximum atomic E-state index is 13.2. The fraction of sp³-hybridized carbons (Fsp3) is 0.400. The predicted molar refractivity (Wildman–Crippen MR) is 99.9 cm³/mol. The van der Waals surface area contributed by atoms with Gasteiger partial charge in [0.05, 0.1) is 6.42 Å². The summed E-state index contributed by atoms with van der Waals surface area (Å²) in [5, 5.41) is 1.99. The van der Waals surface area contributed by atoms with E-state index in [9.17, 15) is 9.59 Å². The fourth-order valence-electron chi connectivity index (χ4n) is 3.93. The van der Waals surface area contributed by atoms with Gasteiger partial charge < -0.3 is 9.80 Å². The Morgan fingerprint density at radius 1 is 1.08 bits per heavy atom. The van der Waals surface area contributed by atoms with Crippen molar-refractivity contribution in [3.05, 3.63) is 52.2 Å². The molecule has 2 aromatic rings. The van der Waals surface area contributed by atoms with E-state index < -0.39 is 0 Å². The number of likely N-dealkylation sites (tertiary alicyclic amines) is 1. The van der Waals surface area contributed by atoms with Gasteiger partial charge in [0.25, 0.3) is 0 Å². The molecule has 0 bridgehead atoms. The van der Waals surface area contributed by atoms with Gasteiger partial charge in [0, 0.05) is 23.7 Å². The van der Waals surface area contributed by atoms with Crippen molar-refractivity contribution in [2.24, 2.45) is 0 Å². The van der Waals surface area contributed by atoms with Crippen LogP contribution in [0.3, 0.4) is 0 Å². The van der Waals surface area contributed by atoms with Gasteiger partial charge in [0.1, 0.15) is 6.04 Å². The van der Waals surface area contributed by atoms with Crippen LogP contribution in [0.4, 0.5) is 5.69 Å². The number of para-hydroxylation sites is 1. The number of aryl methyl sites for hydroxylation is 1. The number of carbonyl (C=O) groups is 2. The highest BCUT2D eigenvalue weighted by atomic mass is 32.1. The van der Waals surface area contributed by atoms with Crippen molar-refractivity contribution in [2.45, 2.75) is 38.1 Å². The Balaban J connectivity index is 1.52. The van der Waals surface area contributed by atoms with E-state index in [1.165, 1.54) is 5.56 Å². The number of anilines is 1. The number of benzene rings is 1. The third-order valence-corrected chi connectivity index (χ3v) is 6.02. The zero-order chi connectivity index (χ0) is 17.2. The second kappa shape index (κ2) is 7.00. The summed E-state index contributed by atoms with van der Waals surface area (Å²) in [7, 11) is 0. The number of rotatable bonds is 3. The number of thiophene rings is 1. The molecule has 1 aromatic carbocycles. The van der Waals surface area contributed by atoms with Crippen LogP contribution in [0.15, 0.2) is 41.8 Å². The Kier molecular flexibility index (Phi) is 4.57. The molecule has 4 rings (SSSR count). The van der Waals surface area contributed by atoms with Gasteiger partial charge >= 0.3 is 0 Å². The highest BCUT2D eigenvalue weighted by Gasteiger charge is 2.37. The molecule has 25 heavy (non-hydrogen) atoms. The Bertz CT molecular complexity index is 772. The maximum Gasteiger partial charge on any atom is 0.249 e. The largest absolute Gasteiger partial charge is 0.330 e. The van der Waals surface area contributed by atoms with Crippen LogP contribution >= 0.6 is 11.3 Å². The van der Waals surface area contributed by atoms with Gasteiger partial charge in [0.2, 0.25) is 11.8 Å². The van der Waals surface area contributed by atoms with Crippen molar-refractivity contribution in [2.75, 3.05) is 18.0 Å². The van der Waals surface area contributed by atoms with Crippen LogP contribution in [-0.2, 0) is 22.4 Å². The molecule has 4 nitrogen and oxygen atoms in total. The lowest BCUT2D eigenvalue weighted by atomic mass is 10.0. The van der Waals surface area contributed by atoms with E-state index in [0.717, 1.165) is 42.8 Å². The summed E-state index contributed by atoms with van der Waals surface area (Å²) in [5.41, 5.74) is 2.26. The summed E-state index contributed by atoms with van der Waals surface area (Å²) in [6.45, 7) is 1.44. The van der Waals surface area contributed by atoms with E-state index >= 15 is 0 Å². The molecule has 1 atom stereocenters. The van der Waals surface area contributed by atoms with E-state index in [0.29, 0.717) is 13.0 Å². The number of fused-ring (bicyclic) bond motifs is 1. The standard InChI is InChI=1S/C20H22N2O2S/c23-19(14-16-8-5-13-25-16)21-11-4-10-18(21)20(24)22-12-3-7-15-6-1-2-9-17(15)22/h1-2,5-6,8-9,13,18H,3-4,7,10-12,14H2. The first-order chi connectivity index (χ1) is 12.2. The summed E-state index contributed by atoms with van der Waals surface area (Å²) in [5.74, 6) is 0.160. The first-order valence-electron chi connectivity index (χ1n) is 8.95. The highest BCUT2D eigenvalue weighted by molar-refractivity contribution is 7.10. The quantitative estimate of drug-likeness (QED) is 0.849. The number of carbonyl (C=O) groups excluding carboxylic acids is 2. The Labute approximate surface area is 152 Å². The molecule has 1 saturated heterocycles. The number of hydrogen-bond donors (Lipinski definition) is 0. The van der Waals surface area contributed by atoms with Crippen LogP contribution < -0.4 is 4.90 Å². The molecule has 130 valence electrons. The second-order valence-electron chi connectivity index (χ2n) is 6.72. The average Bonchev–Trinajstić information content (AvgIpc) is 3.32. The van der Waals surface area contributed by atoms with E-state index in [4.69, 9.17) is 0 Å². The molecule has 1 aromatic heterocycles. The summed E-state index contributed by atoms with van der Waals surface area (Å²) >= 11 is 1.60. The zero-order valence-corrected chi connectivity index (χ0v) is 15.0. The topological polar surface area (TPSA) is 40.6 Å². The molecule has 0 spiro atoms. The van der Waals surface area contributed by atoms with Crippen LogP contribution in [0.1, 0.15) is 29.7 Å². The Morgan fingerprint density at radius 2 is 1.96 bits per heavy atom. The lowest BCUT2D eigenvalue weighted by Gasteiger charge is -2.34. The number of amides is 2. The molecule has 0 aliphatic carbocycles. The van der Waals surface area contributed by atoms with Gasteiger partial charge in [-0.25, -0.2) is 0 Å². The molecule has 2 aliphatic heterocycles. The molecule has 2 amide bonds. The third kappa shape index (κ3) is 3.21. The summed E-state index contributed by atoms with van der Waals surface area (Å²) in [6, 6.07) is 11.8. The zero-order valence-electron chi connectivity index (χ0n) is 14.2. The highest BCUT2D eigenvalue weighted by Crippen LogP contribution is 2.30. The minimum absolute atomic E-state index is 0.0728. The molecule has 0 radical (unpaired) electrons. The van der Waals surface area contributed by atoms with Crippen molar-refractivity contribution < 1.29 is 9.59 Å². The minimum Gasteiger partial charge on any atom is -0.330 e. The Morgan fingerprint density at radius 3 is 2.80 bits per heavy atom. The van der Waals surface area contributed by atoms with Crippen LogP contribution in [0.2, 0.25) is 0 Å². The minimum atomic E-state index is -0.307. The van der Waals surface area contributed by atoms with E-state index in [1.807, 2.05) is 40.6 Å². The molecule has 1 unspecified atom stereocenters. The monoisotopic (exact) mass is 354 g/mol.